The summed E-state index contributed by atoms with van der Waals surface area (Å²) in [5, 5.41) is 0. The largest absolute Gasteiger partial charge is 1.00 e. The molecular formula is C16H36NaO3P. The molecule has 5 heteroatoms. The van der Waals surface area contributed by atoms with Gasteiger partial charge in [0.2, 0.25) is 0 Å². The summed E-state index contributed by atoms with van der Waals surface area (Å²) < 4.78 is 10.6. The van der Waals surface area contributed by atoms with Crippen molar-refractivity contribution in [3.05, 3.63) is 0 Å². The van der Waals surface area contributed by atoms with Crippen molar-refractivity contribution in [2.45, 2.75) is 96.8 Å². The van der Waals surface area contributed by atoms with E-state index in [1.54, 1.807) is 0 Å². The Labute approximate surface area is 155 Å². The van der Waals surface area contributed by atoms with E-state index in [1.165, 1.54) is 70.6 Å². The van der Waals surface area contributed by atoms with Crippen LogP contribution >= 0.6 is 7.60 Å². The summed E-state index contributed by atoms with van der Waals surface area (Å²) in [6.07, 6.45) is 17.7. The second kappa shape index (κ2) is 17.5. The van der Waals surface area contributed by atoms with Crippen LogP contribution in [0.2, 0.25) is 0 Å². The molecule has 3 nitrogen and oxygen atoms in total. The Bertz CT molecular complexity index is 250. The van der Waals surface area contributed by atoms with Crippen LogP contribution in [0.1, 0.15) is 98.2 Å². The molecule has 0 aromatic heterocycles. The van der Waals surface area contributed by atoms with Crippen LogP contribution < -0.4 is 29.6 Å². The van der Waals surface area contributed by atoms with Gasteiger partial charge in [-0.2, -0.15) is 0 Å². The summed E-state index contributed by atoms with van der Waals surface area (Å²) >= 11 is 0. The van der Waals surface area contributed by atoms with E-state index in [0.29, 0.717) is 6.42 Å². The Hall–Kier alpha value is 1.15. The first-order valence-electron chi connectivity index (χ1n) is 8.61. The Balaban J connectivity index is -0.00000180. The normalized spacial score (nSPS) is 11.4. The van der Waals surface area contributed by atoms with Crippen molar-refractivity contribution in [3.63, 3.8) is 0 Å². The van der Waals surface area contributed by atoms with Crippen LogP contribution in [0, 0.1) is 0 Å². The van der Waals surface area contributed by atoms with Gasteiger partial charge < -0.3 is 11.2 Å². The predicted octanol–water partition coefficient (Wildman–Crippen LogP) is 2.76. The molecule has 0 heterocycles. The second-order valence-electron chi connectivity index (χ2n) is 5.98. The van der Waals surface area contributed by atoms with E-state index in [2.05, 4.69) is 6.92 Å². The molecule has 0 bridgehead atoms. The molecule has 0 aliphatic heterocycles. The van der Waals surface area contributed by atoms with Crippen LogP contribution in [0.3, 0.4) is 0 Å². The van der Waals surface area contributed by atoms with Gasteiger partial charge in [-0.3, -0.25) is 4.57 Å². The zero-order valence-corrected chi connectivity index (χ0v) is 17.3. The predicted molar refractivity (Wildman–Crippen MR) is 88.3 cm³/mol. The average Bonchev–Trinajstić information content (AvgIpc) is 2.38. The minimum atomic E-state index is -3.75. The van der Waals surface area contributed by atoms with Crippen LogP contribution in [0.15, 0.2) is 0 Å². The molecule has 0 aliphatic carbocycles. The van der Waals surface area contributed by atoms with Crippen molar-refractivity contribution in [3.8, 4) is 0 Å². The molecule has 0 atom stereocenters. The maximum atomic E-state index is 10.6. The molecule has 0 unspecified atom stereocenters. The number of hydrogen-bond acceptors (Lipinski definition) is 1. The van der Waals surface area contributed by atoms with Gasteiger partial charge in [0.1, 0.15) is 0 Å². The summed E-state index contributed by atoms with van der Waals surface area (Å²) in [7, 11) is -3.75. The first kappa shape index (κ1) is 24.4. The quantitative estimate of drug-likeness (QED) is 0.276. The maximum absolute atomic E-state index is 10.6. The monoisotopic (exact) mass is 330 g/mol. The van der Waals surface area contributed by atoms with E-state index in [1.807, 2.05) is 0 Å². The molecule has 0 radical (unpaired) electrons. The smallest absolute Gasteiger partial charge is 1.00 e. The maximum Gasteiger partial charge on any atom is 1.00 e. The van der Waals surface area contributed by atoms with Crippen molar-refractivity contribution < 1.29 is 45.3 Å². The van der Waals surface area contributed by atoms with Crippen LogP contribution in [-0.4, -0.2) is 15.9 Å². The Kier molecular flexibility index (Phi) is 20.3. The van der Waals surface area contributed by atoms with E-state index in [-0.39, 0.29) is 37.1 Å². The fourth-order valence-corrected chi connectivity index (χ4v) is 3.15. The van der Waals surface area contributed by atoms with Crippen LogP contribution in [-0.2, 0) is 4.57 Å². The third-order valence-corrected chi connectivity index (χ3v) is 4.70. The van der Waals surface area contributed by atoms with Gasteiger partial charge in [0, 0.05) is 6.16 Å². The Morgan fingerprint density at radius 2 is 0.952 bits per heavy atom. The molecule has 0 aliphatic rings. The molecule has 0 rings (SSSR count). The van der Waals surface area contributed by atoms with E-state index in [9.17, 15) is 4.57 Å². The molecule has 2 N–H and O–H groups in total. The molecule has 0 amide bonds. The summed E-state index contributed by atoms with van der Waals surface area (Å²) in [6.45, 7) is 2.26. The van der Waals surface area contributed by atoms with Crippen LogP contribution in [0.4, 0.5) is 0 Å². The van der Waals surface area contributed by atoms with Crippen molar-refractivity contribution in [1.29, 1.82) is 0 Å². The first-order chi connectivity index (χ1) is 9.56. The molecule has 0 fully saturated rings. The van der Waals surface area contributed by atoms with Gasteiger partial charge in [-0.15, -0.1) is 0 Å². The Morgan fingerprint density at radius 1 is 0.667 bits per heavy atom. The zero-order chi connectivity index (χ0) is 15.1. The molecule has 124 valence electrons. The second-order valence-corrected chi connectivity index (χ2v) is 7.76. The third-order valence-electron chi connectivity index (χ3n) is 3.80. The number of hydrogen-bond donors (Lipinski definition) is 2. The van der Waals surface area contributed by atoms with Crippen LogP contribution in [0.5, 0.6) is 0 Å². The minimum Gasteiger partial charge on any atom is -1.00 e. The Morgan fingerprint density at radius 3 is 1.24 bits per heavy atom. The molecule has 21 heavy (non-hydrogen) atoms. The molecule has 0 aromatic rings. The molecule has 0 saturated heterocycles. The van der Waals surface area contributed by atoms with E-state index in [4.69, 9.17) is 9.79 Å². The number of rotatable bonds is 15. The van der Waals surface area contributed by atoms with Crippen molar-refractivity contribution in [1.82, 2.24) is 0 Å². The molecular weight excluding hydrogens is 294 g/mol. The van der Waals surface area contributed by atoms with Crippen LogP contribution in [0.25, 0.3) is 0 Å². The topological polar surface area (TPSA) is 57.5 Å². The van der Waals surface area contributed by atoms with E-state index in [0.717, 1.165) is 12.8 Å². The molecule has 0 aromatic carbocycles. The van der Waals surface area contributed by atoms with E-state index >= 15 is 0 Å². The number of unbranched alkanes of at least 4 members (excludes halogenated alkanes) is 13. The van der Waals surface area contributed by atoms with Crippen molar-refractivity contribution in [2.75, 3.05) is 6.16 Å². The van der Waals surface area contributed by atoms with Crippen molar-refractivity contribution in [2.24, 2.45) is 0 Å². The van der Waals surface area contributed by atoms with Gasteiger partial charge >= 0.3 is 37.2 Å². The SMILES string of the molecule is CCCCCCCCCCCCCCCCP(=O)(O)O.[H-].[Na+]. The van der Waals surface area contributed by atoms with Gasteiger partial charge in [0.25, 0.3) is 0 Å². The fourth-order valence-electron chi connectivity index (χ4n) is 2.51. The summed E-state index contributed by atoms with van der Waals surface area (Å²) in [5.74, 6) is 0. The summed E-state index contributed by atoms with van der Waals surface area (Å²) in [6, 6.07) is 0. The van der Waals surface area contributed by atoms with Gasteiger partial charge in [-0.05, 0) is 6.42 Å². The zero-order valence-electron chi connectivity index (χ0n) is 15.4. The third kappa shape index (κ3) is 23.5. The minimum absolute atomic E-state index is 0. The first-order valence-corrected chi connectivity index (χ1v) is 10.4. The summed E-state index contributed by atoms with van der Waals surface area (Å²) in [5.41, 5.74) is 0. The molecule has 0 spiro atoms. The van der Waals surface area contributed by atoms with Gasteiger partial charge in [-0.1, -0.05) is 90.4 Å². The fraction of sp³-hybridized carbons (Fsp3) is 1.00. The van der Waals surface area contributed by atoms with Gasteiger partial charge in [0.15, 0.2) is 0 Å². The average molecular weight is 330 g/mol. The van der Waals surface area contributed by atoms with Crippen molar-refractivity contribution >= 4 is 7.60 Å². The van der Waals surface area contributed by atoms with Gasteiger partial charge in [-0.25, -0.2) is 0 Å². The standard InChI is InChI=1S/C16H35O3P.Na.H/c1-2-3-4-5-6-7-8-9-10-11-12-13-14-15-16-20(17,18)19;;/h2-16H2,1H3,(H2,17,18,19);;/q;+1;-1. The van der Waals surface area contributed by atoms with Gasteiger partial charge in [0.05, 0.1) is 0 Å². The summed E-state index contributed by atoms with van der Waals surface area (Å²) in [4.78, 5) is 17.4. The van der Waals surface area contributed by atoms with E-state index < -0.39 is 7.60 Å². The molecule has 0 saturated carbocycles.